The van der Waals surface area contributed by atoms with Crippen LogP contribution in [0.5, 0.6) is 0 Å². The lowest BCUT2D eigenvalue weighted by Gasteiger charge is -2.29. The van der Waals surface area contributed by atoms with Gasteiger partial charge in [0.15, 0.2) is 0 Å². The lowest BCUT2D eigenvalue weighted by Crippen LogP contribution is -2.42. The second-order valence-electron chi connectivity index (χ2n) is 5.51. The van der Waals surface area contributed by atoms with Crippen molar-refractivity contribution in [2.45, 2.75) is 57.2 Å². The summed E-state index contributed by atoms with van der Waals surface area (Å²) in [5.41, 5.74) is 7.23. The zero-order chi connectivity index (χ0) is 13.0. The molecule has 18 heavy (non-hydrogen) atoms. The minimum atomic E-state index is 0.422. The van der Waals surface area contributed by atoms with Crippen molar-refractivity contribution in [2.24, 2.45) is 5.73 Å². The molecule has 1 aromatic carbocycles. The Morgan fingerprint density at radius 1 is 1.33 bits per heavy atom. The van der Waals surface area contributed by atoms with E-state index in [-0.39, 0.29) is 0 Å². The Balaban J connectivity index is 1.80. The summed E-state index contributed by atoms with van der Waals surface area (Å²) in [6.45, 7) is 2.25. The highest BCUT2D eigenvalue weighted by Crippen LogP contribution is 2.18. The molecule has 0 aromatic heterocycles. The van der Waals surface area contributed by atoms with Gasteiger partial charge in [-0.05, 0) is 56.7 Å². The Morgan fingerprint density at radius 2 is 2.06 bits per heavy atom. The molecule has 1 unspecified atom stereocenters. The molecule has 100 valence electrons. The molecule has 0 saturated heterocycles. The second-order valence-corrected chi connectivity index (χ2v) is 5.95. The molecule has 1 aromatic rings. The number of nitrogens with one attached hydrogen (secondary N) is 1. The molecular weight excluding hydrogens is 244 g/mol. The quantitative estimate of drug-likeness (QED) is 0.879. The van der Waals surface area contributed by atoms with Crippen molar-refractivity contribution in [2.75, 3.05) is 0 Å². The number of halogens is 1. The third-order valence-electron chi connectivity index (χ3n) is 3.72. The highest BCUT2D eigenvalue weighted by molar-refractivity contribution is 6.30. The van der Waals surface area contributed by atoms with E-state index in [4.69, 9.17) is 17.3 Å². The third-order valence-corrected chi connectivity index (χ3v) is 3.96. The van der Waals surface area contributed by atoms with E-state index in [0.717, 1.165) is 24.3 Å². The van der Waals surface area contributed by atoms with Crippen molar-refractivity contribution in [3.63, 3.8) is 0 Å². The van der Waals surface area contributed by atoms with E-state index in [1.807, 2.05) is 12.1 Å². The zero-order valence-corrected chi connectivity index (χ0v) is 11.8. The van der Waals surface area contributed by atoms with E-state index in [9.17, 15) is 0 Å². The minimum absolute atomic E-state index is 0.422. The molecule has 0 spiro atoms. The van der Waals surface area contributed by atoms with Crippen LogP contribution in [0.4, 0.5) is 0 Å². The van der Waals surface area contributed by atoms with Gasteiger partial charge in [-0.15, -0.1) is 0 Å². The smallest absolute Gasteiger partial charge is 0.0408 e. The molecule has 1 fully saturated rings. The molecule has 1 atom stereocenters. The van der Waals surface area contributed by atoms with E-state index < -0.39 is 0 Å². The van der Waals surface area contributed by atoms with E-state index in [1.165, 1.54) is 18.4 Å². The predicted octanol–water partition coefficient (Wildman–Crippen LogP) is 3.13. The Labute approximate surface area is 115 Å². The summed E-state index contributed by atoms with van der Waals surface area (Å²) in [6.07, 6.45) is 5.76. The number of nitrogens with two attached hydrogens (primary N) is 1. The molecular formula is C15H23ClN2. The maximum atomic E-state index is 6.00. The first-order valence-electron chi connectivity index (χ1n) is 6.89. The number of rotatable bonds is 4. The molecule has 1 saturated carbocycles. The molecule has 3 N–H and O–H groups in total. The summed E-state index contributed by atoms with van der Waals surface area (Å²) in [4.78, 5) is 0. The first kappa shape index (κ1) is 13.9. The van der Waals surface area contributed by atoms with Crippen molar-refractivity contribution < 1.29 is 0 Å². The fraction of sp³-hybridized carbons (Fsp3) is 0.600. The summed E-state index contributed by atoms with van der Waals surface area (Å²) in [6, 6.07) is 9.68. The standard InChI is InChI=1S/C15H23ClN2/c1-11(9-12-3-2-4-13(16)10-12)18-15-7-5-14(17)6-8-15/h2-4,10-11,14-15,18H,5-9,17H2,1H3. The molecule has 2 rings (SSSR count). The maximum Gasteiger partial charge on any atom is 0.0408 e. The van der Waals surface area contributed by atoms with Crippen LogP contribution < -0.4 is 11.1 Å². The molecule has 0 aliphatic heterocycles. The fourth-order valence-corrected chi connectivity index (χ4v) is 2.98. The Kier molecular flexibility index (Phi) is 5.04. The van der Waals surface area contributed by atoms with Gasteiger partial charge in [0, 0.05) is 23.1 Å². The van der Waals surface area contributed by atoms with Crippen LogP contribution >= 0.6 is 11.6 Å². The van der Waals surface area contributed by atoms with Gasteiger partial charge >= 0.3 is 0 Å². The van der Waals surface area contributed by atoms with Crippen LogP contribution in [0.1, 0.15) is 38.2 Å². The molecule has 0 amide bonds. The second kappa shape index (κ2) is 6.55. The Bertz CT molecular complexity index is 373. The zero-order valence-electron chi connectivity index (χ0n) is 11.0. The lowest BCUT2D eigenvalue weighted by molar-refractivity contribution is 0.319. The lowest BCUT2D eigenvalue weighted by atomic mass is 9.91. The monoisotopic (exact) mass is 266 g/mol. The van der Waals surface area contributed by atoms with Gasteiger partial charge in [0.2, 0.25) is 0 Å². The summed E-state index contributed by atoms with van der Waals surface area (Å²) in [7, 11) is 0. The summed E-state index contributed by atoms with van der Waals surface area (Å²) < 4.78 is 0. The topological polar surface area (TPSA) is 38.0 Å². The number of hydrogen-bond acceptors (Lipinski definition) is 2. The normalized spacial score (nSPS) is 25.9. The molecule has 3 heteroatoms. The first-order chi connectivity index (χ1) is 8.63. The van der Waals surface area contributed by atoms with E-state index in [1.54, 1.807) is 0 Å². The highest BCUT2D eigenvalue weighted by Gasteiger charge is 2.19. The minimum Gasteiger partial charge on any atom is -0.328 e. The Hall–Kier alpha value is -0.570. The SMILES string of the molecule is CC(Cc1cccc(Cl)c1)NC1CCC(N)CC1. The fourth-order valence-electron chi connectivity index (χ4n) is 2.76. The van der Waals surface area contributed by atoms with Crippen LogP contribution in [0.2, 0.25) is 5.02 Å². The molecule has 0 bridgehead atoms. The largest absolute Gasteiger partial charge is 0.328 e. The predicted molar refractivity (Wildman–Crippen MR) is 78.0 cm³/mol. The van der Waals surface area contributed by atoms with Crippen LogP contribution in [0.15, 0.2) is 24.3 Å². The van der Waals surface area contributed by atoms with E-state index >= 15 is 0 Å². The van der Waals surface area contributed by atoms with Crippen molar-refractivity contribution in [3.8, 4) is 0 Å². The average Bonchev–Trinajstić information content (AvgIpc) is 2.32. The van der Waals surface area contributed by atoms with Crippen molar-refractivity contribution in [1.82, 2.24) is 5.32 Å². The number of benzene rings is 1. The van der Waals surface area contributed by atoms with Crippen molar-refractivity contribution in [3.05, 3.63) is 34.9 Å². The Morgan fingerprint density at radius 3 is 2.72 bits per heavy atom. The molecule has 1 aliphatic carbocycles. The van der Waals surface area contributed by atoms with Crippen LogP contribution in [0.25, 0.3) is 0 Å². The van der Waals surface area contributed by atoms with Gasteiger partial charge in [0.1, 0.15) is 0 Å². The van der Waals surface area contributed by atoms with E-state index in [0.29, 0.717) is 18.1 Å². The third kappa shape index (κ3) is 4.27. The summed E-state index contributed by atoms with van der Waals surface area (Å²) in [5.74, 6) is 0. The summed E-state index contributed by atoms with van der Waals surface area (Å²) in [5, 5.41) is 4.53. The van der Waals surface area contributed by atoms with Crippen molar-refractivity contribution in [1.29, 1.82) is 0 Å². The van der Waals surface area contributed by atoms with Gasteiger partial charge in [-0.25, -0.2) is 0 Å². The van der Waals surface area contributed by atoms with Gasteiger partial charge in [0.05, 0.1) is 0 Å². The highest BCUT2D eigenvalue weighted by atomic mass is 35.5. The first-order valence-corrected chi connectivity index (χ1v) is 7.27. The molecule has 0 heterocycles. The molecule has 2 nitrogen and oxygen atoms in total. The van der Waals surface area contributed by atoms with Gasteiger partial charge in [-0.1, -0.05) is 23.7 Å². The van der Waals surface area contributed by atoms with Gasteiger partial charge < -0.3 is 11.1 Å². The van der Waals surface area contributed by atoms with Crippen LogP contribution in [-0.2, 0) is 6.42 Å². The van der Waals surface area contributed by atoms with Gasteiger partial charge in [-0.3, -0.25) is 0 Å². The average molecular weight is 267 g/mol. The van der Waals surface area contributed by atoms with Crippen LogP contribution in [-0.4, -0.2) is 18.1 Å². The van der Waals surface area contributed by atoms with Gasteiger partial charge in [0.25, 0.3) is 0 Å². The van der Waals surface area contributed by atoms with Crippen LogP contribution in [0.3, 0.4) is 0 Å². The molecule has 1 aliphatic rings. The van der Waals surface area contributed by atoms with E-state index in [2.05, 4.69) is 24.4 Å². The van der Waals surface area contributed by atoms with Crippen molar-refractivity contribution >= 4 is 11.6 Å². The maximum absolute atomic E-state index is 6.00. The molecule has 0 radical (unpaired) electrons. The number of hydrogen-bond donors (Lipinski definition) is 2. The summed E-state index contributed by atoms with van der Waals surface area (Å²) >= 11 is 6.00. The van der Waals surface area contributed by atoms with Crippen LogP contribution in [0, 0.1) is 0 Å². The van der Waals surface area contributed by atoms with Gasteiger partial charge in [-0.2, -0.15) is 0 Å².